The van der Waals surface area contributed by atoms with E-state index >= 15 is 0 Å². The van der Waals surface area contributed by atoms with Crippen molar-refractivity contribution in [3.8, 4) is 5.19 Å². The lowest BCUT2D eigenvalue weighted by Crippen LogP contribution is -2.41. The summed E-state index contributed by atoms with van der Waals surface area (Å²) in [5.74, 6) is 0.0448. The van der Waals surface area contributed by atoms with Crippen LogP contribution in [0.3, 0.4) is 0 Å². The number of piperidine rings is 1. The zero-order valence-corrected chi connectivity index (χ0v) is 16.0. The Morgan fingerprint density at radius 3 is 2.70 bits per heavy atom. The van der Waals surface area contributed by atoms with Crippen LogP contribution in [0.2, 0.25) is 0 Å². The molecule has 5 rings (SSSR count). The van der Waals surface area contributed by atoms with Gasteiger partial charge in [-0.15, -0.1) is 0 Å². The molecule has 3 heterocycles. The molecule has 0 N–H and O–H groups in total. The first kappa shape index (κ1) is 16.6. The van der Waals surface area contributed by atoms with Crippen LogP contribution in [-0.2, 0) is 0 Å². The molecule has 0 spiro atoms. The molecule has 0 unspecified atom stereocenters. The van der Waals surface area contributed by atoms with Crippen molar-refractivity contribution in [2.24, 2.45) is 0 Å². The number of benzene rings is 2. The van der Waals surface area contributed by atoms with Crippen molar-refractivity contribution in [2.75, 3.05) is 13.1 Å². The summed E-state index contributed by atoms with van der Waals surface area (Å²) in [7, 11) is 0. The number of ether oxygens (including phenoxy) is 1. The normalized spacial score (nSPS) is 15.5. The standard InChI is InChI=1S/C19H16N4O2S2/c24-18(12-5-6-14-16(11-12)22-27-21-14)23-9-7-13(8-10-23)25-19-20-15-3-1-2-4-17(15)26-19/h1-6,11,13H,7-10H2. The maximum atomic E-state index is 12.8. The van der Waals surface area contributed by atoms with Crippen molar-refractivity contribution >= 4 is 50.2 Å². The lowest BCUT2D eigenvalue weighted by atomic mass is 10.1. The van der Waals surface area contributed by atoms with Crippen LogP contribution >= 0.6 is 23.1 Å². The van der Waals surface area contributed by atoms with Gasteiger partial charge in [0.15, 0.2) is 0 Å². The van der Waals surface area contributed by atoms with Crippen LogP contribution < -0.4 is 4.74 Å². The minimum absolute atomic E-state index is 0.0448. The summed E-state index contributed by atoms with van der Waals surface area (Å²) >= 11 is 2.74. The number of para-hydroxylation sites is 1. The molecule has 27 heavy (non-hydrogen) atoms. The van der Waals surface area contributed by atoms with Gasteiger partial charge in [-0.05, 0) is 30.3 Å². The molecule has 1 aliphatic rings. The van der Waals surface area contributed by atoms with Crippen molar-refractivity contribution in [3.05, 3.63) is 48.0 Å². The Labute approximate surface area is 163 Å². The van der Waals surface area contributed by atoms with Gasteiger partial charge in [0, 0.05) is 31.5 Å². The topological polar surface area (TPSA) is 68.2 Å². The number of carbonyl (C=O) groups excluding carboxylic acids is 1. The van der Waals surface area contributed by atoms with E-state index in [0.717, 1.165) is 34.1 Å². The highest BCUT2D eigenvalue weighted by atomic mass is 32.1. The first-order chi connectivity index (χ1) is 13.3. The predicted octanol–water partition coefficient (Wildman–Crippen LogP) is 3.98. The van der Waals surface area contributed by atoms with Crippen LogP contribution in [0.25, 0.3) is 21.3 Å². The molecule has 6 nitrogen and oxygen atoms in total. The molecule has 0 aliphatic carbocycles. The third kappa shape index (κ3) is 3.26. The first-order valence-corrected chi connectivity index (χ1v) is 10.3. The van der Waals surface area contributed by atoms with Crippen LogP contribution in [0.1, 0.15) is 23.2 Å². The van der Waals surface area contributed by atoms with Crippen LogP contribution in [0.4, 0.5) is 0 Å². The summed E-state index contributed by atoms with van der Waals surface area (Å²) in [6, 6.07) is 13.5. The van der Waals surface area contributed by atoms with Gasteiger partial charge in [-0.25, -0.2) is 4.98 Å². The maximum Gasteiger partial charge on any atom is 0.274 e. The van der Waals surface area contributed by atoms with E-state index < -0.39 is 0 Å². The van der Waals surface area contributed by atoms with E-state index in [0.29, 0.717) is 23.8 Å². The molecule has 1 amide bonds. The molecule has 2 aromatic heterocycles. The number of fused-ring (bicyclic) bond motifs is 2. The van der Waals surface area contributed by atoms with Gasteiger partial charge in [-0.1, -0.05) is 23.5 Å². The lowest BCUT2D eigenvalue weighted by Gasteiger charge is -2.31. The molecule has 0 saturated carbocycles. The minimum Gasteiger partial charge on any atom is -0.467 e. The number of amides is 1. The molecule has 1 fully saturated rings. The Balaban J connectivity index is 1.23. The third-order valence-corrected chi connectivity index (χ3v) is 6.26. The summed E-state index contributed by atoms with van der Waals surface area (Å²) in [5, 5.41) is 0.711. The van der Waals surface area contributed by atoms with E-state index in [9.17, 15) is 4.79 Å². The fourth-order valence-electron chi connectivity index (χ4n) is 3.32. The van der Waals surface area contributed by atoms with Gasteiger partial charge < -0.3 is 9.64 Å². The highest BCUT2D eigenvalue weighted by molar-refractivity contribution is 7.20. The Morgan fingerprint density at radius 1 is 1.04 bits per heavy atom. The van der Waals surface area contributed by atoms with Gasteiger partial charge in [0.05, 0.1) is 21.9 Å². The molecule has 2 aromatic carbocycles. The summed E-state index contributed by atoms with van der Waals surface area (Å²) in [5.41, 5.74) is 3.25. The van der Waals surface area contributed by atoms with Crippen LogP contribution in [0.15, 0.2) is 42.5 Å². The Hall–Kier alpha value is -2.58. The number of nitrogens with zero attached hydrogens (tertiary/aromatic N) is 4. The Kier molecular flexibility index (Phi) is 4.21. The summed E-state index contributed by atoms with van der Waals surface area (Å²) < 4.78 is 15.6. The van der Waals surface area contributed by atoms with Crippen molar-refractivity contribution in [3.63, 3.8) is 0 Å². The molecule has 0 radical (unpaired) electrons. The molecular weight excluding hydrogens is 380 g/mol. The second-order valence-electron chi connectivity index (χ2n) is 6.52. The molecule has 1 aliphatic heterocycles. The molecule has 0 bridgehead atoms. The fraction of sp³-hybridized carbons (Fsp3) is 0.263. The van der Waals surface area contributed by atoms with Crippen LogP contribution in [0.5, 0.6) is 5.19 Å². The number of aromatic nitrogens is 3. The smallest absolute Gasteiger partial charge is 0.274 e. The van der Waals surface area contributed by atoms with Crippen LogP contribution in [-0.4, -0.2) is 43.7 Å². The SMILES string of the molecule is O=C(c1ccc2nsnc2c1)N1CCC(Oc2nc3ccccc3s2)CC1. The first-order valence-electron chi connectivity index (χ1n) is 8.80. The number of hydrogen-bond donors (Lipinski definition) is 0. The minimum atomic E-state index is 0.0448. The number of rotatable bonds is 3. The largest absolute Gasteiger partial charge is 0.467 e. The van der Waals surface area contributed by atoms with Crippen molar-refractivity contribution < 1.29 is 9.53 Å². The van der Waals surface area contributed by atoms with E-state index in [4.69, 9.17) is 4.74 Å². The van der Waals surface area contributed by atoms with Gasteiger partial charge in [0.1, 0.15) is 17.1 Å². The third-order valence-electron chi connectivity index (χ3n) is 4.77. The number of likely N-dealkylation sites (tertiary alicyclic amines) is 1. The molecule has 4 aromatic rings. The maximum absolute atomic E-state index is 12.8. The average molecular weight is 396 g/mol. The number of thiazole rings is 1. The molecular formula is C19H16N4O2S2. The predicted molar refractivity (Wildman–Crippen MR) is 107 cm³/mol. The van der Waals surface area contributed by atoms with Gasteiger partial charge >= 0.3 is 0 Å². The molecule has 0 atom stereocenters. The quantitative estimate of drug-likeness (QED) is 0.524. The van der Waals surface area contributed by atoms with Crippen LogP contribution in [0, 0.1) is 0 Å². The lowest BCUT2D eigenvalue weighted by molar-refractivity contribution is 0.0595. The number of carbonyl (C=O) groups is 1. The van der Waals surface area contributed by atoms with Gasteiger partial charge in [-0.3, -0.25) is 4.79 Å². The zero-order valence-electron chi connectivity index (χ0n) is 14.4. The summed E-state index contributed by atoms with van der Waals surface area (Å²) in [6.45, 7) is 1.36. The Bertz CT molecular complexity index is 1080. The second kappa shape index (κ2) is 6.86. The van der Waals surface area contributed by atoms with Gasteiger partial charge in [-0.2, -0.15) is 8.75 Å². The molecule has 136 valence electrons. The highest BCUT2D eigenvalue weighted by Crippen LogP contribution is 2.29. The molecule has 1 saturated heterocycles. The van der Waals surface area contributed by atoms with E-state index in [1.165, 1.54) is 11.7 Å². The van der Waals surface area contributed by atoms with Crippen molar-refractivity contribution in [1.82, 2.24) is 18.6 Å². The summed E-state index contributed by atoms with van der Waals surface area (Å²) in [6.07, 6.45) is 1.71. The van der Waals surface area contributed by atoms with E-state index in [1.54, 1.807) is 11.3 Å². The highest BCUT2D eigenvalue weighted by Gasteiger charge is 2.25. The zero-order chi connectivity index (χ0) is 18.2. The molecule has 8 heteroatoms. The van der Waals surface area contributed by atoms with E-state index in [1.807, 2.05) is 41.3 Å². The van der Waals surface area contributed by atoms with Crippen molar-refractivity contribution in [1.29, 1.82) is 0 Å². The van der Waals surface area contributed by atoms with Crippen molar-refractivity contribution in [2.45, 2.75) is 18.9 Å². The van der Waals surface area contributed by atoms with E-state index in [2.05, 4.69) is 19.8 Å². The van der Waals surface area contributed by atoms with Gasteiger partial charge in [0.25, 0.3) is 11.1 Å². The van der Waals surface area contributed by atoms with Gasteiger partial charge in [0.2, 0.25) is 0 Å². The summed E-state index contributed by atoms with van der Waals surface area (Å²) in [4.78, 5) is 19.2. The number of hydrogen-bond acceptors (Lipinski definition) is 7. The average Bonchev–Trinajstić information content (AvgIpc) is 3.33. The second-order valence-corrected chi connectivity index (χ2v) is 8.05. The van der Waals surface area contributed by atoms with E-state index in [-0.39, 0.29) is 12.0 Å². The fourth-order valence-corrected chi connectivity index (χ4v) is 4.72. The monoisotopic (exact) mass is 396 g/mol. The Morgan fingerprint density at radius 2 is 1.85 bits per heavy atom.